The van der Waals surface area contributed by atoms with Gasteiger partial charge in [-0.1, -0.05) is 35.3 Å². The van der Waals surface area contributed by atoms with Crippen LogP contribution >= 0.6 is 23.2 Å². The van der Waals surface area contributed by atoms with Crippen LogP contribution in [0.5, 0.6) is 0 Å². The van der Waals surface area contributed by atoms with Gasteiger partial charge in [-0.2, -0.15) is 4.31 Å². The highest BCUT2D eigenvalue weighted by Crippen LogP contribution is 2.26. The number of sulfonamides is 1. The summed E-state index contributed by atoms with van der Waals surface area (Å²) in [4.78, 5) is 12.4. The minimum absolute atomic E-state index is 0.179. The summed E-state index contributed by atoms with van der Waals surface area (Å²) in [5.41, 5.74) is 1.36. The summed E-state index contributed by atoms with van der Waals surface area (Å²) < 4.78 is 26.5. The molecule has 0 bridgehead atoms. The summed E-state index contributed by atoms with van der Waals surface area (Å²) in [5, 5.41) is 3.69. The van der Waals surface area contributed by atoms with E-state index in [0.717, 1.165) is 18.4 Å². The molecule has 1 saturated heterocycles. The molecule has 1 heterocycles. The Hall–Kier alpha value is -1.60. The van der Waals surface area contributed by atoms with Crippen molar-refractivity contribution in [3.05, 3.63) is 58.1 Å². The third-order valence-electron chi connectivity index (χ3n) is 4.49. The molecule has 27 heavy (non-hydrogen) atoms. The molecule has 0 aromatic heterocycles. The van der Waals surface area contributed by atoms with Gasteiger partial charge in [-0.15, -0.1) is 0 Å². The monoisotopic (exact) mass is 426 g/mol. The molecule has 2 aromatic carbocycles. The Balaban J connectivity index is 1.59. The first-order chi connectivity index (χ1) is 12.9. The van der Waals surface area contributed by atoms with Crippen LogP contribution in [0.25, 0.3) is 0 Å². The zero-order valence-corrected chi connectivity index (χ0v) is 16.9. The lowest BCUT2D eigenvalue weighted by atomic mass is 10.1. The Bertz CT molecular complexity index is 924. The summed E-state index contributed by atoms with van der Waals surface area (Å²) in [6.45, 7) is 1.12. The number of carbonyl (C=O) groups excluding carboxylic acids is 1. The molecule has 2 aromatic rings. The van der Waals surface area contributed by atoms with E-state index in [-0.39, 0.29) is 17.2 Å². The molecular weight excluding hydrogens is 407 g/mol. The molecular formula is C19H20Cl2N2O3S. The van der Waals surface area contributed by atoms with Crippen LogP contribution in [0.3, 0.4) is 0 Å². The molecule has 5 nitrogen and oxygen atoms in total. The summed E-state index contributed by atoms with van der Waals surface area (Å²) in [7, 11) is -3.45. The van der Waals surface area contributed by atoms with Gasteiger partial charge >= 0.3 is 0 Å². The minimum Gasteiger partial charge on any atom is -0.326 e. The molecule has 0 radical (unpaired) electrons. The molecule has 1 N–H and O–H groups in total. The van der Waals surface area contributed by atoms with Crippen LogP contribution in [0.4, 0.5) is 5.69 Å². The lowest BCUT2D eigenvalue weighted by Crippen LogP contribution is -2.27. The zero-order chi connectivity index (χ0) is 19.4. The summed E-state index contributed by atoms with van der Waals surface area (Å²) in [6, 6.07) is 11.6. The van der Waals surface area contributed by atoms with Crippen molar-refractivity contribution in [2.24, 2.45) is 0 Å². The Morgan fingerprint density at radius 1 is 1.04 bits per heavy atom. The van der Waals surface area contributed by atoms with Crippen LogP contribution < -0.4 is 5.32 Å². The first kappa shape index (κ1) is 20.1. The van der Waals surface area contributed by atoms with Crippen molar-refractivity contribution in [1.29, 1.82) is 0 Å². The Morgan fingerprint density at radius 2 is 1.70 bits per heavy atom. The highest BCUT2D eigenvalue weighted by Gasteiger charge is 2.26. The Labute approximate surface area is 169 Å². The molecule has 1 amide bonds. The maximum atomic E-state index is 12.5. The summed E-state index contributed by atoms with van der Waals surface area (Å²) in [6.07, 6.45) is 2.49. The van der Waals surface area contributed by atoms with Crippen LogP contribution in [-0.2, 0) is 21.2 Å². The van der Waals surface area contributed by atoms with Gasteiger partial charge in [0.05, 0.1) is 14.9 Å². The van der Waals surface area contributed by atoms with Gasteiger partial charge in [-0.25, -0.2) is 8.42 Å². The van der Waals surface area contributed by atoms with E-state index in [2.05, 4.69) is 5.32 Å². The molecule has 1 aliphatic rings. The lowest BCUT2D eigenvalue weighted by Gasteiger charge is -2.15. The van der Waals surface area contributed by atoms with Gasteiger partial charge in [-0.3, -0.25) is 4.79 Å². The Kier molecular flexibility index (Phi) is 6.42. The number of rotatable bonds is 6. The number of hydrogen-bond acceptors (Lipinski definition) is 3. The molecule has 1 fully saturated rings. The van der Waals surface area contributed by atoms with Crippen molar-refractivity contribution in [3.63, 3.8) is 0 Å². The lowest BCUT2D eigenvalue weighted by molar-refractivity contribution is -0.116. The normalized spacial score (nSPS) is 15.0. The van der Waals surface area contributed by atoms with Crippen LogP contribution in [0.1, 0.15) is 24.8 Å². The van der Waals surface area contributed by atoms with E-state index in [0.29, 0.717) is 35.2 Å². The van der Waals surface area contributed by atoms with E-state index in [9.17, 15) is 13.2 Å². The number of amides is 1. The van der Waals surface area contributed by atoms with E-state index >= 15 is 0 Å². The van der Waals surface area contributed by atoms with Crippen molar-refractivity contribution in [2.45, 2.75) is 30.6 Å². The number of aryl methyl sites for hydroxylation is 1. The van der Waals surface area contributed by atoms with Crippen LogP contribution in [0.15, 0.2) is 47.4 Å². The fourth-order valence-electron chi connectivity index (χ4n) is 3.00. The SMILES string of the molecule is O=C(CCc1cccc(Cl)c1Cl)Nc1ccc(S(=O)(=O)N2CCCC2)cc1. The first-order valence-electron chi connectivity index (χ1n) is 8.71. The van der Waals surface area contributed by atoms with Gasteiger partial charge < -0.3 is 5.32 Å². The van der Waals surface area contributed by atoms with Crippen molar-refractivity contribution >= 4 is 44.8 Å². The molecule has 3 rings (SSSR count). The second-order valence-electron chi connectivity index (χ2n) is 6.40. The second-order valence-corrected chi connectivity index (χ2v) is 9.12. The van der Waals surface area contributed by atoms with Gasteiger partial charge in [0, 0.05) is 25.2 Å². The van der Waals surface area contributed by atoms with Gasteiger partial charge in [0.1, 0.15) is 0 Å². The van der Waals surface area contributed by atoms with Gasteiger partial charge in [0.25, 0.3) is 0 Å². The number of nitrogens with one attached hydrogen (secondary N) is 1. The predicted octanol–water partition coefficient (Wildman–Crippen LogP) is 4.35. The Morgan fingerprint density at radius 3 is 2.37 bits per heavy atom. The molecule has 0 aliphatic carbocycles. The van der Waals surface area contributed by atoms with Crippen molar-refractivity contribution < 1.29 is 13.2 Å². The van der Waals surface area contributed by atoms with Crippen LogP contribution in [-0.4, -0.2) is 31.7 Å². The number of nitrogens with zero attached hydrogens (tertiary/aromatic N) is 1. The van der Waals surface area contributed by atoms with E-state index in [1.807, 2.05) is 6.07 Å². The quantitative estimate of drug-likeness (QED) is 0.746. The number of halogens is 2. The van der Waals surface area contributed by atoms with E-state index in [1.54, 1.807) is 24.3 Å². The number of anilines is 1. The topological polar surface area (TPSA) is 66.5 Å². The summed E-state index contributed by atoms with van der Waals surface area (Å²) in [5.74, 6) is -0.179. The minimum atomic E-state index is -3.45. The maximum absolute atomic E-state index is 12.5. The third-order valence-corrected chi connectivity index (χ3v) is 7.26. The fourth-order valence-corrected chi connectivity index (χ4v) is 4.93. The zero-order valence-electron chi connectivity index (χ0n) is 14.6. The van der Waals surface area contributed by atoms with Crippen molar-refractivity contribution in [3.8, 4) is 0 Å². The van der Waals surface area contributed by atoms with E-state index in [1.165, 1.54) is 16.4 Å². The number of benzene rings is 2. The smallest absolute Gasteiger partial charge is 0.243 e. The highest BCUT2D eigenvalue weighted by molar-refractivity contribution is 7.89. The molecule has 8 heteroatoms. The van der Waals surface area contributed by atoms with Crippen molar-refractivity contribution in [2.75, 3.05) is 18.4 Å². The molecule has 144 valence electrons. The standard InChI is InChI=1S/C19H20Cl2N2O3S/c20-17-5-3-4-14(19(17)21)6-11-18(24)22-15-7-9-16(10-8-15)27(25,26)23-12-1-2-13-23/h3-5,7-10H,1-2,6,11-13H2,(H,22,24). The van der Waals surface area contributed by atoms with E-state index < -0.39 is 10.0 Å². The molecule has 0 atom stereocenters. The van der Waals surface area contributed by atoms with Crippen LogP contribution in [0, 0.1) is 0 Å². The van der Waals surface area contributed by atoms with Gasteiger partial charge in [0.2, 0.25) is 15.9 Å². The first-order valence-corrected chi connectivity index (χ1v) is 10.9. The summed E-state index contributed by atoms with van der Waals surface area (Å²) >= 11 is 12.1. The number of carbonyl (C=O) groups is 1. The number of hydrogen-bond donors (Lipinski definition) is 1. The van der Waals surface area contributed by atoms with Gasteiger partial charge in [0.15, 0.2) is 0 Å². The van der Waals surface area contributed by atoms with Crippen molar-refractivity contribution in [1.82, 2.24) is 4.31 Å². The van der Waals surface area contributed by atoms with E-state index in [4.69, 9.17) is 23.2 Å². The third kappa shape index (κ3) is 4.82. The molecule has 0 saturated carbocycles. The van der Waals surface area contributed by atoms with Gasteiger partial charge in [-0.05, 0) is 55.2 Å². The molecule has 0 unspecified atom stereocenters. The highest BCUT2D eigenvalue weighted by atomic mass is 35.5. The maximum Gasteiger partial charge on any atom is 0.243 e. The second kappa shape index (κ2) is 8.61. The molecule has 0 spiro atoms. The predicted molar refractivity (Wildman–Crippen MR) is 108 cm³/mol. The molecule has 1 aliphatic heterocycles. The largest absolute Gasteiger partial charge is 0.326 e. The van der Waals surface area contributed by atoms with Crippen LogP contribution in [0.2, 0.25) is 10.0 Å². The average Bonchev–Trinajstić information content (AvgIpc) is 3.19. The fraction of sp³-hybridized carbons (Fsp3) is 0.316. The average molecular weight is 427 g/mol.